The highest BCUT2D eigenvalue weighted by Gasteiger charge is 2.49. The van der Waals surface area contributed by atoms with Gasteiger partial charge in [-0.3, -0.25) is 10.1 Å². The SMILES string of the molecule is COC(=O)/C=C/[C@H](O[Si](C)(C)C(C)(C)C)[C@H](NC1(c2ccccc2)c2ccccc2-c2ccccc21)C(=O)OC. The maximum atomic E-state index is 13.7. The van der Waals surface area contributed by atoms with Gasteiger partial charge in [0.05, 0.1) is 25.9 Å². The van der Waals surface area contributed by atoms with E-state index in [4.69, 9.17) is 13.9 Å². The first-order valence-electron chi connectivity index (χ1n) is 13.5. The van der Waals surface area contributed by atoms with E-state index in [1.807, 2.05) is 42.5 Å². The van der Waals surface area contributed by atoms with Crippen molar-refractivity contribution in [2.75, 3.05) is 14.2 Å². The molecule has 2 atom stereocenters. The smallest absolute Gasteiger partial charge is 0.330 e. The maximum absolute atomic E-state index is 13.7. The van der Waals surface area contributed by atoms with E-state index in [9.17, 15) is 9.59 Å². The number of hydrogen-bond donors (Lipinski definition) is 1. The van der Waals surface area contributed by atoms with E-state index in [1.165, 1.54) is 20.3 Å². The van der Waals surface area contributed by atoms with Gasteiger partial charge in [0.25, 0.3) is 0 Å². The predicted octanol–water partition coefficient (Wildman–Crippen LogP) is 6.21. The van der Waals surface area contributed by atoms with Gasteiger partial charge in [-0.25, -0.2) is 4.79 Å². The molecule has 0 radical (unpaired) electrons. The summed E-state index contributed by atoms with van der Waals surface area (Å²) < 4.78 is 17.1. The van der Waals surface area contributed by atoms with Crippen molar-refractivity contribution in [1.29, 1.82) is 0 Å². The van der Waals surface area contributed by atoms with Gasteiger partial charge in [0, 0.05) is 6.08 Å². The summed E-state index contributed by atoms with van der Waals surface area (Å²) in [7, 11) is 0.268. The van der Waals surface area contributed by atoms with Crippen molar-refractivity contribution in [2.45, 2.75) is 56.6 Å². The van der Waals surface area contributed by atoms with Crippen LogP contribution in [-0.2, 0) is 29.0 Å². The Kier molecular flexibility index (Phi) is 8.49. The summed E-state index contributed by atoms with van der Waals surface area (Å²) in [5.74, 6) is -1.02. The molecule has 0 aliphatic heterocycles. The van der Waals surface area contributed by atoms with Gasteiger partial charge in [0.1, 0.15) is 6.04 Å². The molecule has 1 N–H and O–H groups in total. The van der Waals surface area contributed by atoms with Crippen molar-refractivity contribution < 1.29 is 23.5 Å². The average molecular weight is 558 g/mol. The number of ether oxygens (including phenoxy) is 2. The number of carbonyl (C=O) groups is 2. The lowest BCUT2D eigenvalue weighted by Crippen LogP contribution is -2.59. The summed E-state index contributed by atoms with van der Waals surface area (Å²) in [5, 5.41) is 3.60. The molecule has 4 rings (SSSR count). The zero-order valence-electron chi connectivity index (χ0n) is 24.4. The summed E-state index contributed by atoms with van der Waals surface area (Å²) in [6, 6.07) is 25.6. The molecule has 7 heteroatoms. The second kappa shape index (κ2) is 11.5. The van der Waals surface area contributed by atoms with Gasteiger partial charge in [-0.15, -0.1) is 0 Å². The van der Waals surface area contributed by atoms with Gasteiger partial charge in [0.2, 0.25) is 0 Å². The Hall–Kier alpha value is -3.52. The highest BCUT2D eigenvalue weighted by atomic mass is 28.4. The van der Waals surface area contributed by atoms with Crippen LogP contribution in [0.2, 0.25) is 18.1 Å². The molecule has 0 fully saturated rings. The Morgan fingerprint density at radius 3 is 1.85 bits per heavy atom. The molecule has 40 heavy (non-hydrogen) atoms. The number of hydrogen-bond acceptors (Lipinski definition) is 6. The molecule has 0 saturated heterocycles. The van der Waals surface area contributed by atoms with E-state index in [-0.39, 0.29) is 5.04 Å². The van der Waals surface area contributed by atoms with Gasteiger partial charge in [0.15, 0.2) is 8.32 Å². The Balaban J connectivity index is 1.96. The first-order chi connectivity index (χ1) is 19.0. The second-order valence-corrected chi connectivity index (χ2v) is 16.3. The number of fused-ring (bicyclic) bond motifs is 3. The Morgan fingerprint density at radius 1 is 0.825 bits per heavy atom. The maximum Gasteiger partial charge on any atom is 0.330 e. The van der Waals surface area contributed by atoms with Crippen molar-refractivity contribution in [2.24, 2.45) is 0 Å². The molecule has 3 aromatic carbocycles. The second-order valence-electron chi connectivity index (χ2n) is 11.6. The molecule has 0 saturated carbocycles. The van der Waals surface area contributed by atoms with E-state index < -0.39 is 37.9 Å². The van der Waals surface area contributed by atoms with Crippen molar-refractivity contribution in [3.63, 3.8) is 0 Å². The van der Waals surface area contributed by atoms with Crippen LogP contribution in [0.25, 0.3) is 11.1 Å². The van der Waals surface area contributed by atoms with Crippen LogP contribution >= 0.6 is 0 Å². The van der Waals surface area contributed by atoms with Gasteiger partial charge in [-0.1, -0.05) is 99.6 Å². The normalized spacial score (nSPS) is 15.7. The van der Waals surface area contributed by atoms with Gasteiger partial charge >= 0.3 is 11.9 Å². The van der Waals surface area contributed by atoms with Crippen LogP contribution in [0.15, 0.2) is 91.0 Å². The molecule has 0 aromatic heterocycles. The van der Waals surface area contributed by atoms with Gasteiger partial charge in [-0.05, 0) is 52.0 Å². The number of methoxy groups -OCH3 is 2. The molecular formula is C33H39NO5Si. The summed E-state index contributed by atoms with van der Waals surface area (Å²) in [6.45, 7) is 10.6. The largest absolute Gasteiger partial charge is 0.468 e. The van der Waals surface area contributed by atoms with Crippen molar-refractivity contribution >= 4 is 20.3 Å². The van der Waals surface area contributed by atoms with E-state index in [1.54, 1.807) is 6.08 Å². The number of nitrogens with one attached hydrogen (secondary N) is 1. The van der Waals surface area contributed by atoms with E-state index >= 15 is 0 Å². The number of esters is 2. The van der Waals surface area contributed by atoms with Crippen LogP contribution in [0.5, 0.6) is 0 Å². The minimum Gasteiger partial charge on any atom is -0.468 e. The zero-order chi connectivity index (χ0) is 29.1. The fourth-order valence-corrected chi connectivity index (χ4v) is 6.33. The minimum absolute atomic E-state index is 0.144. The lowest BCUT2D eigenvalue weighted by atomic mass is 9.79. The fraction of sp³-hybridized carbons (Fsp3) is 0.333. The molecule has 210 valence electrons. The van der Waals surface area contributed by atoms with Gasteiger partial charge in [-0.2, -0.15) is 0 Å². The topological polar surface area (TPSA) is 73.9 Å². The lowest BCUT2D eigenvalue weighted by Gasteiger charge is -2.43. The van der Waals surface area contributed by atoms with Crippen molar-refractivity contribution in [3.8, 4) is 11.1 Å². The molecule has 3 aromatic rings. The predicted molar refractivity (Wildman–Crippen MR) is 160 cm³/mol. The third-order valence-electron chi connectivity index (χ3n) is 8.17. The highest BCUT2D eigenvalue weighted by Crippen LogP contribution is 2.51. The first kappa shape index (κ1) is 29.5. The summed E-state index contributed by atoms with van der Waals surface area (Å²) in [5.41, 5.74) is 4.32. The van der Waals surface area contributed by atoms with Crippen LogP contribution in [0.3, 0.4) is 0 Å². The Morgan fingerprint density at radius 2 is 1.35 bits per heavy atom. The lowest BCUT2D eigenvalue weighted by molar-refractivity contribution is -0.145. The van der Waals surface area contributed by atoms with Crippen LogP contribution in [0.1, 0.15) is 37.5 Å². The van der Waals surface area contributed by atoms with E-state index in [2.05, 4.69) is 75.6 Å². The van der Waals surface area contributed by atoms with Crippen LogP contribution in [0.4, 0.5) is 0 Å². The molecule has 0 unspecified atom stereocenters. The standard InChI is InChI=1S/C33H39NO5Si/c1-32(2,3)40(6,7)39-28(21-22-29(35)37-4)30(31(36)38-5)34-33(23-15-9-8-10-16-23)26-19-13-11-17-24(26)25-18-12-14-20-27(25)33/h8-22,28,30,34H,1-7H3/b22-21+/t28-,30-/m0/s1. The molecule has 0 spiro atoms. The molecule has 0 bridgehead atoms. The minimum atomic E-state index is -2.43. The number of rotatable bonds is 9. The first-order valence-corrected chi connectivity index (χ1v) is 16.4. The fourth-order valence-electron chi connectivity index (χ4n) is 5.09. The van der Waals surface area contributed by atoms with Crippen LogP contribution < -0.4 is 5.32 Å². The average Bonchev–Trinajstić information content (AvgIpc) is 3.24. The number of carbonyl (C=O) groups excluding carboxylic acids is 2. The highest BCUT2D eigenvalue weighted by molar-refractivity contribution is 6.74. The van der Waals surface area contributed by atoms with Crippen LogP contribution in [0, 0.1) is 0 Å². The molecule has 0 heterocycles. The quantitative estimate of drug-likeness (QED) is 0.192. The molecule has 0 amide bonds. The van der Waals surface area contributed by atoms with E-state index in [0.29, 0.717) is 0 Å². The summed E-state index contributed by atoms with van der Waals surface area (Å²) in [6.07, 6.45) is 2.13. The molecule has 1 aliphatic carbocycles. The molecule has 1 aliphatic rings. The Labute approximate surface area is 238 Å². The Bertz CT molecular complexity index is 1350. The zero-order valence-corrected chi connectivity index (χ0v) is 25.4. The monoisotopic (exact) mass is 557 g/mol. The van der Waals surface area contributed by atoms with Crippen LogP contribution in [-0.4, -0.2) is 46.6 Å². The summed E-state index contributed by atoms with van der Waals surface area (Å²) in [4.78, 5) is 25.9. The third-order valence-corrected chi connectivity index (χ3v) is 12.6. The summed E-state index contributed by atoms with van der Waals surface area (Å²) >= 11 is 0. The molecule has 6 nitrogen and oxygen atoms in total. The van der Waals surface area contributed by atoms with E-state index in [0.717, 1.165) is 27.8 Å². The van der Waals surface area contributed by atoms with Gasteiger partial charge < -0.3 is 13.9 Å². The van der Waals surface area contributed by atoms with Crippen molar-refractivity contribution in [1.82, 2.24) is 5.32 Å². The van der Waals surface area contributed by atoms with Crippen molar-refractivity contribution in [3.05, 3.63) is 108 Å². The number of benzene rings is 3. The third kappa shape index (κ3) is 5.41. The molecular weight excluding hydrogens is 518 g/mol.